The van der Waals surface area contributed by atoms with Crippen LogP contribution < -0.4 is 15.4 Å². The summed E-state index contributed by atoms with van der Waals surface area (Å²) >= 11 is 1.73. The van der Waals surface area contributed by atoms with E-state index < -0.39 is 0 Å². The minimum absolute atomic E-state index is 0. The minimum Gasteiger partial charge on any atom is -0.489 e. The second-order valence-corrected chi connectivity index (χ2v) is 6.61. The van der Waals surface area contributed by atoms with Gasteiger partial charge in [-0.1, -0.05) is 37.8 Å². The van der Waals surface area contributed by atoms with E-state index in [1.165, 1.54) is 5.01 Å². The number of aliphatic imine (C=N–C) groups is 1. The molecule has 0 aliphatic carbocycles. The van der Waals surface area contributed by atoms with Crippen molar-refractivity contribution in [3.05, 3.63) is 58.6 Å². The fourth-order valence-electron chi connectivity index (χ4n) is 2.37. The molecule has 0 saturated heterocycles. The zero-order chi connectivity index (χ0) is 18.6. The van der Waals surface area contributed by atoms with Gasteiger partial charge >= 0.3 is 0 Å². The van der Waals surface area contributed by atoms with Gasteiger partial charge in [0, 0.05) is 30.5 Å². The Hall–Kier alpha value is -1.61. The molecule has 0 spiro atoms. The predicted octanol–water partition coefficient (Wildman–Crippen LogP) is 4.19. The van der Waals surface area contributed by atoms with E-state index in [0.29, 0.717) is 13.2 Å². The molecule has 0 aliphatic heterocycles. The molecule has 0 aliphatic rings. The van der Waals surface area contributed by atoms with Crippen LogP contribution in [0.2, 0.25) is 0 Å². The molecule has 0 amide bonds. The number of ether oxygens (including phenoxy) is 1. The van der Waals surface area contributed by atoms with Crippen molar-refractivity contribution >= 4 is 41.3 Å². The normalized spacial score (nSPS) is 10.8. The minimum atomic E-state index is 0. The Morgan fingerprint density at radius 1 is 1.30 bits per heavy atom. The largest absolute Gasteiger partial charge is 0.489 e. The fourth-order valence-corrected chi connectivity index (χ4v) is 3.14. The van der Waals surface area contributed by atoms with E-state index in [1.54, 1.807) is 17.4 Å². The van der Waals surface area contributed by atoms with E-state index in [0.717, 1.165) is 48.9 Å². The third-order valence-electron chi connectivity index (χ3n) is 3.66. The maximum atomic E-state index is 5.70. The first kappa shape index (κ1) is 23.4. The van der Waals surface area contributed by atoms with E-state index in [9.17, 15) is 0 Å². The molecule has 0 saturated carbocycles. The van der Waals surface area contributed by atoms with Gasteiger partial charge in [0.1, 0.15) is 12.4 Å². The van der Waals surface area contributed by atoms with Gasteiger partial charge in [-0.05, 0) is 19.4 Å². The maximum Gasteiger partial charge on any atom is 0.191 e. The van der Waals surface area contributed by atoms with Crippen molar-refractivity contribution in [2.45, 2.75) is 33.2 Å². The summed E-state index contributed by atoms with van der Waals surface area (Å²) in [5.41, 5.74) is 2.19. The molecule has 1 aromatic carbocycles. The molecule has 0 atom stereocenters. The average molecular weight is 500 g/mol. The van der Waals surface area contributed by atoms with Crippen LogP contribution in [0.1, 0.15) is 30.1 Å². The lowest BCUT2D eigenvalue weighted by Gasteiger charge is -2.12. The Morgan fingerprint density at radius 2 is 2.11 bits per heavy atom. The summed E-state index contributed by atoms with van der Waals surface area (Å²) < 4.78 is 5.70. The summed E-state index contributed by atoms with van der Waals surface area (Å²) in [4.78, 5) is 9.27. The van der Waals surface area contributed by atoms with Crippen molar-refractivity contribution in [3.63, 3.8) is 0 Å². The Bertz CT molecular complexity index is 718. The molecule has 7 heteroatoms. The number of rotatable bonds is 10. The molecule has 2 aromatic rings. The molecule has 2 rings (SSSR count). The number of nitrogens with one attached hydrogen (secondary N) is 2. The molecule has 0 fully saturated rings. The fraction of sp³-hybridized carbons (Fsp3) is 0.400. The highest BCUT2D eigenvalue weighted by Crippen LogP contribution is 2.18. The Morgan fingerprint density at radius 3 is 2.81 bits per heavy atom. The summed E-state index contributed by atoms with van der Waals surface area (Å²) in [6.07, 6.45) is 3.63. The van der Waals surface area contributed by atoms with Gasteiger partial charge in [-0.3, -0.25) is 0 Å². The summed E-state index contributed by atoms with van der Waals surface area (Å²) in [5, 5.41) is 9.99. The molecule has 5 nitrogen and oxygen atoms in total. The number of para-hydroxylation sites is 1. The zero-order valence-electron chi connectivity index (χ0n) is 16.0. The van der Waals surface area contributed by atoms with Gasteiger partial charge < -0.3 is 15.4 Å². The summed E-state index contributed by atoms with van der Waals surface area (Å²) in [6.45, 7) is 10.5. The van der Waals surface area contributed by atoms with Crippen molar-refractivity contribution in [1.82, 2.24) is 15.6 Å². The number of benzene rings is 1. The van der Waals surface area contributed by atoms with Gasteiger partial charge in [-0.25, -0.2) is 9.98 Å². The molecule has 1 heterocycles. The standard InChI is InChI=1S/C20H28N4OS.HI/c1-4-13-25-18-10-8-7-9-16(18)14-23-20(21-6-3)22-12-11-17-15-26-19(5-2)24-17;/h4,7-10,15H,1,5-6,11-14H2,2-3H3,(H2,21,22,23);1H. The van der Waals surface area contributed by atoms with Crippen LogP contribution in [-0.2, 0) is 19.4 Å². The van der Waals surface area contributed by atoms with E-state index in [2.05, 4.69) is 46.4 Å². The predicted molar refractivity (Wildman–Crippen MR) is 126 cm³/mol. The van der Waals surface area contributed by atoms with Crippen molar-refractivity contribution in [1.29, 1.82) is 0 Å². The molecule has 27 heavy (non-hydrogen) atoms. The van der Waals surface area contributed by atoms with Crippen LogP contribution in [0.25, 0.3) is 0 Å². The highest BCUT2D eigenvalue weighted by atomic mass is 127. The summed E-state index contributed by atoms with van der Waals surface area (Å²) in [5.74, 6) is 1.65. The van der Waals surface area contributed by atoms with Gasteiger partial charge in [0.2, 0.25) is 0 Å². The molecule has 0 bridgehead atoms. The summed E-state index contributed by atoms with van der Waals surface area (Å²) in [6, 6.07) is 7.96. The first-order chi connectivity index (χ1) is 12.8. The topological polar surface area (TPSA) is 58.5 Å². The van der Waals surface area contributed by atoms with Gasteiger partial charge in [-0.2, -0.15) is 0 Å². The van der Waals surface area contributed by atoms with Gasteiger partial charge in [0.15, 0.2) is 5.96 Å². The summed E-state index contributed by atoms with van der Waals surface area (Å²) in [7, 11) is 0. The molecular formula is C20H29IN4OS. The number of aromatic nitrogens is 1. The lowest BCUT2D eigenvalue weighted by molar-refractivity contribution is 0.359. The molecule has 1 aromatic heterocycles. The first-order valence-electron chi connectivity index (χ1n) is 9.03. The van der Waals surface area contributed by atoms with Crippen molar-refractivity contribution in [2.75, 3.05) is 19.7 Å². The Labute approximate surface area is 183 Å². The van der Waals surface area contributed by atoms with Crippen LogP contribution in [0.15, 0.2) is 47.3 Å². The van der Waals surface area contributed by atoms with Gasteiger partial charge in [0.05, 0.1) is 17.2 Å². The number of nitrogens with zero attached hydrogens (tertiary/aromatic N) is 2. The van der Waals surface area contributed by atoms with Crippen LogP contribution in [0.4, 0.5) is 0 Å². The van der Waals surface area contributed by atoms with Crippen LogP contribution in [-0.4, -0.2) is 30.6 Å². The lowest BCUT2D eigenvalue weighted by atomic mass is 10.2. The zero-order valence-corrected chi connectivity index (χ0v) is 19.2. The first-order valence-corrected chi connectivity index (χ1v) is 9.91. The Kier molecular flexibility index (Phi) is 11.8. The van der Waals surface area contributed by atoms with Crippen LogP contribution in [0, 0.1) is 0 Å². The quantitative estimate of drug-likeness (QED) is 0.222. The molecule has 148 valence electrons. The van der Waals surface area contributed by atoms with Crippen LogP contribution in [0.3, 0.4) is 0 Å². The van der Waals surface area contributed by atoms with E-state index >= 15 is 0 Å². The third kappa shape index (κ3) is 8.30. The molecular weight excluding hydrogens is 471 g/mol. The monoisotopic (exact) mass is 500 g/mol. The van der Waals surface area contributed by atoms with Crippen molar-refractivity contribution in [3.8, 4) is 5.75 Å². The van der Waals surface area contributed by atoms with E-state index in [1.807, 2.05) is 24.3 Å². The number of thiazole rings is 1. The Balaban J connectivity index is 0.00000364. The molecule has 2 N–H and O–H groups in total. The number of hydrogen-bond acceptors (Lipinski definition) is 4. The highest BCUT2D eigenvalue weighted by Gasteiger charge is 2.04. The molecule has 0 unspecified atom stereocenters. The van der Waals surface area contributed by atoms with Crippen LogP contribution in [0.5, 0.6) is 5.75 Å². The van der Waals surface area contributed by atoms with Crippen molar-refractivity contribution in [2.24, 2.45) is 4.99 Å². The third-order valence-corrected chi connectivity index (χ3v) is 4.70. The number of aryl methyl sites for hydroxylation is 1. The van der Waals surface area contributed by atoms with Gasteiger partial charge in [0.25, 0.3) is 0 Å². The van der Waals surface area contributed by atoms with E-state index in [4.69, 9.17) is 4.74 Å². The van der Waals surface area contributed by atoms with Gasteiger partial charge in [-0.15, -0.1) is 35.3 Å². The second kappa shape index (κ2) is 13.5. The SMILES string of the molecule is C=CCOc1ccccc1CN=C(NCC)NCCc1csc(CC)n1.I. The maximum absolute atomic E-state index is 5.70. The molecule has 0 radical (unpaired) electrons. The van der Waals surface area contributed by atoms with E-state index in [-0.39, 0.29) is 24.0 Å². The highest BCUT2D eigenvalue weighted by molar-refractivity contribution is 14.0. The van der Waals surface area contributed by atoms with Crippen LogP contribution >= 0.6 is 35.3 Å². The lowest BCUT2D eigenvalue weighted by Crippen LogP contribution is -2.38. The number of guanidine groups is 1. The number of hydrogen-bond donors (Lipinski definition) is 2. The number of halogens is 1. The average Bonchev–Trinajstić information content (AvgIpc) is 3.13. The second-order valence-electron chi connectivity index (χ2n) is 5.67. The van der Waals surface area contributed by atoms with Crippen molar-refractivity contribution < 1.29 is 4.74 Å². The smallest absolute Gasteiger partial charge is 0.191 e.